The molecule has 1 aliphatic heterocycles. The highest BCUT2D eigenvalue weighted by Crippen LogP contribution is 2.41. The van der Waals surface area contributed by atoms with Crippen LogP contribution in [0.5, 0.6) is 11.5 Å². The van der Waals surface area contributed by atoms with Gasteiger partial charge in [0.2, 0.25) is 0 Å². The van der Waals surface area contributed by atoms with Crippen molar-refractivity contribution in [2.45, 2.75) is 44.9 Å². The molecule has 0 amide bonds. The number of carboxylic acids is 1. The predicted molar refractivity (Wildman–Crippen MR) is 134 cm³/mol. The third kappa shape index (κ3) is 5.78. The Morgan fingerprint density at radius 2 is 1.94 bits per heavy atom. The summed E-state index contributed by atoms with van der Waals surface area (Å²) >= 11 is 5.21. The first-order valence-corrected chi connectivity index (χ1v) is 12.8. The molecule has 1 saturated heterocycles. The monoisotopic (exact) mass is 529 g/mol. The number of rotatable bonds is 9. The van der Waals surface area contributed by atoms with Gasteiger partial charge >= 0.3 is 5.97 Å². The molecule has 4 rings (SSSR count). The van der Waals surface area contributed by atoms with E-state index in [9.17, 15) is 9.90 Å². The van der Waals surface area contributed by atoms with Gasteiger partial charge in [0.1, 0.15) is 12.6 Å². The summed E-state index contributed by atoms with van der Waals surface area (Å²) < 4.78 is 13.1. The maximum Gasteiger partial charge on any atom is 0.320 e. The van der Waals surface area contributed by atoms with Crippen molar-refractivity contribution in [2.75, 3.05) is 13.2 Å². The molecular weight excluding hydrogens is 502 g/mol. The molecule has 1 aliphatic rings. The van der Waals surface area contributed by atoms with E-state index in [1.807, 2.05) is 61.5 Å². The minimum absolute atomic E-state index is 0.162. The second-order valence-corrected chi connectivity index (χ2v) is 10.5. The van der Waals surface area contributed by atoms with Gasteiger partial charge in [0.25, 0.3) is 0 Å². The summed E-state index contributed by atoms with van der Waals surface area (Å²) in [5, 5.41) is 9.93. The van der Waals surface area contributed by atoms with Crippen LogP contribution in [0.25, 0.3) is 0 Å². The molecule has 0 spiro atoms. The van der Waals surface area contributed by atoms with E-state index in [2.05, 4.69) is 26.9 Å². The summed E-state index contributed by atoms with van der Waals surface area (Å²) in [5.74, 6) is 0.600. The van der Waals surface area contributed by atoms with E-state index in [4.69, 9.17) is 9.47 Å². The highest BCUT2D eigenvalue weighted by atomic mass is 79.9. The lowest BCUT2D eigenvalue weighted by Gasteiger charge is -2.39. The standard InChI is InChI=1S/C26H28BrNO4S/c1-2-31-22-16-19(11-12-21(22)32-17-18-8-4-3-5-9-18)25(23-13-14-24(27)33-23)28-15-7-6-10-20(28)26(29)30/h3-5,8-9,11-14,16,20,25H,2,6-7,10,15,17H2,1H3,(H,29,30). The van der Waals surface area contributed by atoms with Crippen LogP contribution >= 0.6 is 27.3 Å². The Labute approximate surface area is 207 Å². The lowest BCUT2D eigenvalue weighted by atomic mass is 9.95. The molecule has 2 atom stereocenters. The Kier molecular flexibility index (Phi) is 8.06. The zero-order chi connectivity index (χ0) is 23.2. The predicted octanol–water partition coefficient (Wildman–Crippen LogP) is 6.52. The molecule has 5 nitrogen and oxygen atoms in total. The summed E-state index contributed by atoms with van der Waals surface area (Å²) in [6, 6.07) is 19.4. The Morgan fingerprint density at radius 3 is 2.64 bits per heavy atom. The SMILES string of the molecule is CCOc1cc(C(c2ccc(Br)s2)N2CCCCC2C(=O)O)ccc1OCc1ccccc1. The largest absolute Gasteiger partial charge is 0.490 e. The highest BCUT2D eigenvalue weighted by Gasteiger charge is 2.36. The van der Waals surface area contributed by atoms with Crippen molar-refractivity contribution in [1.82, 2.24) is 4.90 Å². The molecule has 0 saturated carbocycles. The van der Waals surface area contributed by atoms with Gasteiger partial charge in [-0.2, -0.15) is 0 Å². The van der Waals surface area contributed by atoms with E-state index in [0.717, 1.165) is 39.2 Å². The van der Waals surface area contributed by atoms with Crippen LogP contribution in [0.2, 0.25) is 0 Å². The maximum atomic E-state index is 12.1. The fourth-order valence-corrected chi connectivity index (χ4v) is 5.91. The van der Waals surface area contributed by atoms with E-state index >= 15 is 0 Å². The molecule has 1 fully saturated rings. The van der Waals surface area contributed by atoms with Crippen molar-refractivity contribution >= 4 is 33.2 Å². The van der Waals surface area contributed by atoms with Crippen LogP contribution in [0.4, 0.5) is 0 Å². The van der Waals surface area contributed by atoms with Gasteiger partial charge in [0.05, 0.1) is 16.4 Å². The van der Waals surface area contributed by atoms with Crippen LogP contribution in [0.1, 0.15) is 48.2 Å². The Hall–Kier alpha value is -2.35. The molecule has 0 radical (unpaired) electrons. The molecule has 7 heteroatoms. The maximum absolute atomic E-state index is 12.1. The summed E-state index contributed by atoms with van der Waals surface area (Å²) in [7, 11) is 0. The zero-order valence-corrected chi connectivity index (χ0v) is 21.0. The molecule has 0 aliphatic carbocycles. The van der Waals surface area contributed by atoms with Gasteiger partial charge in [-0.05, 0) is 77.6 Å². The molecule has 174 valence electrons. The van der Waals surface area contributed by atoms with Gasteiger partial charge in [-0.15, -0.1) is 11.3 Å². The molecule has 3 aromatic rings. The summed E-state index contributed by atoms with van der Waals surface area (Å²) in [5.41, 5.74) is 2.09. The second kappa shape index (κ2) is 11.2. The average Bonchev–Trinajstić information content (AvgIpc) is 3.25. The van der Waals surface area contributed by atoms with Crippen LogP contribution in [-0.4, -0.2) is 35.2 Å². The van der Waals surface area contributed by atoms with E-state index < -0.39 is 12.0 Å². The van der Waals surface area contributed by atoms with Gasteiger partial charge in [-0.3, -0.25) is 9.69 Å². The fraction of sp³-hybridized carbons (Fsp3) is 0.346. The number of nitrogens with zero attached hydrogens (tertiary/aromatic N) is 1. The molecule has 2 aromatic carbocycles. The molecule has 2 unspecified atom stereocenters. The first-order chi connectivity index (χ1) is 16.1. The van der Waals surface area contributed by atoms with Crippen molar-refractivity contribution in [3.8, 4) is 11.5 Å². The third-order valence-corrected chi connectivity index (χ3v) is 7.52. The first kappa shape index (κ1) is 23.8. The second-order valence-electron chi connectivity index (χ2n) is 8.05. The molecule has 1 N–H and O–H groups in total. The Bertz CT molecular complexity index is 1070. The zero-order valence-electron chi connectivity index (χ0n) is 18.6. The minimum atomic E-state index is -0.761. The summed E-state index contributed by atoms with van der Waals surface area (Å²) in [6.45, 7) is 3.66. The number of halogens is 1. The van der Waals surface area contributed by atoms with Crippen LogP contribution in [0.3, 0.4) is 0 Å². The van der Waals surface area contributed by atoms with Gasteiger partial charge in [0, 0.05) is 4.88 Å². The van der Waals surface area contributed by atoms with Gasteiger partial charge in [-0.25, -0.2) is 0 Å². The molecule has 0 bridgehead atoms. The van der Waals surface area contributed by atoms with Crippen molar-refractivity contribution in [1.29, 1.82) is 0 Å². The van der Waals surface area contributed by atoms with E-state index in [0.29, 0.717) is 31.1 Å². The quantitative estimate of drug-likeness (QED) is 0.342. The van der Waals surface area contributed by atoms with Crippen LogP contribution in [0, 0.1) is 0 Å². The van der Waals surface area contributed by atoms with E-state index in [1.165, 1.54) is 0 Å². The van der Waals surface area contributed by atoms with Gasteiger partial charge in [0.15, 0.2) is 11.5 Å². The minimum Gasteiger partial charge on any atom is -0.490 e. The van der Waals surface area contributed by atoms with Crippen molar-refractivity contribution in [3.05, 3.63) is 80.5 Å². The number of hydrogen-bond acceptors (Lipinski definition) is 5. The van der Waals surface area contributed by atoms with Crippen molar-refractivity contribution in [2.24, 2.45) is 0 Å². The van der Waals surface area contributed by atoms with Crippen LogP contribution < -0.4 is 9.47 Å². The molecule has 2 heterocycles. The number of aliphatic carboxylic acids is 1. The first-order valence-electron chi connectivity index (χ1n) is 11.2. The average molecular weight is 530 g/mol. The van der Waals surface area contributed by atoms with Crippen molar-refractivity contribution in [3.63, 3.8) is 0 Å². The number of ether oxygens (including phenoxy) is 2. The lowest BCUT2D eigenvalue weighted by Crippen LogP contribution is -2.46. The van der Waals surface area contributed by atoms with Gasteiger partial charge < -0.3 is 14.6 Å². The van der Waals surface area contributed by atoms with E-state index in [1.54, 1.807) is 11.3 Å². The number of piperidine rings is 1. The van der Waals surface area contributed by atoms with Crippen LogP contribution in [0.15, 0.2) is 64.5 Å². The molecule has 33 heavy (non-hydrogen) atoms. The van der Waals surface area contributed by atoms with Crippen molar-refractivity contribution < 1.29 is 19.4 Å². The van der Waals surface area contributed by atoms with Gasteiger partial charge in [-0.1, -0.05) is 42.8 Å². The number of thiophene rings is 1. The number of carbonyl (C=O) groups is 1. The lowest BCUT2D eigenvalue weighted by molar-refractivity contribution is -0.145. The van der Waals surface area contributed by atoms with Crippen LogP contribution in [-0.2, 0) is 11.4 Å². The number of carboxylic acid groups (broad SMARTS) is 1. The molecular formula is C26H28BrNO4S. The Balaban J connectivity index is 1.68. The molecule has 1 aromatic heterocycles. The number of likely N-dealkylation sites (tertiary alicyclic amines) is 1. The summed E-state index contributed by atoms with van der Waals surface area (Å²) in [6.07, 6.45) is 2.59. The topological polar surface area (TPSA) is 59.0 Å². The summed E-state index contributed by atoms with van der Waals surface area (Å²) in [4.78, 5) is 15.3. The van der Waals surface area contributed by atoms with E-state index in [-0.39, 0.29) is 6.04 Å². The smallest absolute Gasteiger partial charge is 0.320 e. The highest BCUT2D eigenvalue weighted by molar-refractivity contribution is 9.11. The number of benzene rings is 2. The number of hydrogen-bond donors (Lipinski definition) is 1. The normalized spacial score (nSPS) is 17.5. The Morgan fingerprint density at radius 1 is 1.12 bits per heavy atom. The third-order valence-electron chi connectivity index (χ3n) is 5.84. The fourth-order valence-electron chi connectivity index (χ4n) is 4.34.